The molecule has 1 aliphatic rings. The van der Waals surface area contributed by atoms with Crippen LogP contribution in [0.25, 0.3) is 0 Å². The maximum Gasteiger partial charge on any atom is 0.0570 e. The van der Waals surface area contributed by atoms with Gasteiger partial charge in [0.15, 0.2) is 0 Å². The fourth-order valence-electron chi connectivity index (χ4n) is 2.75. The monoisotopic (exact) mass is 233 g/mol. The molecule has 1 aromatic heterocycles. The van der Waals surface area contributed by atoms with Gasteiger partial charge in [-0.05, 0) is 44.4 Å². The van der Waals surface area contributed by atoms with Gasteiger partial charge < -0.3 is 11.1 Å². The zero-order valence-electron chi connectivity index (χ0n) is 10.6. The molecule has 0 aromatic carbocycles. The number of nitrogens with two attached hydrogens (primary N) is 1. The molecule has 94 valence electrons. The minimum absolute atomic E-state index is 0.313. The van der Waals surface area contributed by atoms with Crippen molar-refractivity contribution < 1.29 is 0 Å². The molecule has 0 amide bonds. The third-order valence-corrected chi connectivity index (χ3v) is 3.81. The first kappa shape index (κ1) is 12.5. The lowest BCUT2D eigenvalue weighted by molar-refractivity contribution is 0.251. The molecule has 17 heavy (non-hydrogen) atoms. The summed E-state index contributed by atoms with van der Waals surface area (Å²) >= 11 is 0. The molecule has 1 saturated carbocycles. The van der Waals surface area contributed by atoms with E-state index in [1.165, 1.54) is 25.7 Å². The molecular weight excluding hydrogens is 210 g/mol. The summed E-state index contributed by atoms with van der Waals surface area (Å²) in [6.07, 6.45) is 7.03. The van der Waals surface area contributed by atoms with Crippen molar-refractivity contribution in [3.05, 3.63) is 30.1 Å². The van der Waals surface area contributed by atoms with Crippen LogP contribution in [0.1, 0.15) is 44.3 Å². The third kappa shape index (κ3) is 3.27. The number of nitrogens with zero attached hydrogens (tertiary/aromatic N) is 1. The molecule has 0 radical (unpaired) electrons. The van der Waals surface area contributed by atoms with Crippen LogP contribution < -0.4 is 11.1 Å². The number of rotatable bonds is 4. The Bertz CT molecular complexity index is 325. The lowest BCUT2D eigenvalue weighted by atomic mass is 9.84. The summed E-state index contributed by atoms with van der Waals surface area (Å²) in [7, 11) is 0. The first-order chi connectivity index (χ1) is 8.31. The van der Waals surface area contributed by atoms with Crippen LogP contribution in [0.3, 0.4) is 0 Å². The molecular formula is C14H23N3. The molecule has 3 N–H and O–H groups in total. The standard InChI is InChI=1S/C14H23N3/c1-11(13-7-4-5-9-16-13)17-14-8-3-2-6-12(14)10-15/h4-5,7,9,11-12,14,17H,2-3,6,8,10,15H2,1H3/t11-,12?,14?/m1/s1. The SMILES string of the molecule is C[C@@H](NC1CCCCC1CN)c1ccccn1. The Labute approximate surface area is 104 Å². The summed E-state index contributed by atoms with van der Waals surface area (Å²) in [5, 5.41) is 3.69. The zero-order chi connectivity index (χ0) is 12.1. The van der Waals surface area contributed by atoms with Crippen LogP contribution in [-0.2, 0) is 0 Å². The van der Waals surface area contributed by atoms with E-state index in [9.17, 15) is 0 Å². The van der Waals surface area contributed by atoms with E-state index in [0.717, 1.165) is 12.2 Å². The predicted octanol–water partition coefficient (Wildman–Crippen LogP) is 2.25. The molecule has 3 heteroatoms. The highest BCUT2D eigenvalue weighted by atomic mass is 15.0. The summed E-state index contributed by atoms with van der Waals surface area (Å²) in [6.45, 7) is 2.98. The van der Waals surface area contributed by atoms with Gasteiger partial charge in [-0.1, -0.05) is 18.9 Å². The molecule has 2 rings (SSSR count). The van der Waals surface area contributed by atoms with E-state index in [4.69, 9.17) is 5.73 Å². The van der Waals surface area contributed by atoms with Crippen molar-refractivity contribution >= 4 is 0 Å². The van der Waals surface area contributed by atoms with Crippen LogP contribution in [0.4, 0.5) is 0 Å². The van der Waals surface area contributed by atoms with Gasteiger partial charge in [-0.15, -0.1) is 0 Å². The number of hydrogen-bond donors (Lipinski definition) is 2. The molecule has 1 aromatic rings. The van der Waals surface area contributed by atoms with Crippen LogP contribution in [-0.4, -0.2) is 17.6 Å². The molecule has 3 nitrogen and oxygen atoms in total. The highest BCUT2D eigenvalue weighted by molar-refractivity contribution is 5.08. The van der Waals surface area contributed by atoms with Crippen molar-refractivity contribution in [2.24, 2.45) is 11.7 Å². The van der Waals surface area contributed by atoms with Gasteiger partial charge in [0, 0.05) is 18.3 Å². The van der Waals surface area contributed by atoms with Gasteiger partial charge in [-0.3, -0.25) is 4.98 Å². The van der Waals surface area contributed by atoms with Gasteiger partial charge >= 0.3 is 0 Å². The zero-order valence-corrected chi connectivity index (χ0v) is 10.6. The van der Waals surface area contributed by atoms with Crippen molar-refractivity contribution in [1.29, 1.82) is 0 Å². The van der Waals surface area contributed by atoms with Gasteiger partial charge in [-0.25, -0.2) is 0 Å². The molecule has 1 aliphatic carbocycles. The van der Waals surface area contributed by atoms with Gasteiger partial charge in [0.1, 0.15) is 0 Å². The number of pyridine rings is 1. The third-order valence-electron chi connectivity index (χ3n) is 3.81. The van der Waals surface area contributed by atoms with E-state index < -0.39 is 0 Å². The lowest BCUT2D eigenvalue weighted by Gasteiger charge is -2.33. The summed E-state index contributed by atoms with van der Waals surface area (Å²) in [5.41, 5.74) is 6.97. The Morgan fingerprint density at radius 3 is 2.94 bits per heavy atom. The smallest absolute Gasteiger partial charge is 0.0570 e. The summed E-state index contributed by atoms with van der Waals surface area (Å²) in [6, 6.07) is 6.96. The van der Waals surface area contributed by atoms with Crippen molar-refractivity contribution in [3.8, 4) is 0 Å². The van der Waals surface area contributed by atoms with E-state index in [1.54, 1.807) is 0 Å². The molecule has 0 aliphatic heterocycles. The average molecular weight is 233 g/mol. The normalized spacial score (nSPS) is 26.7. The molecule has 2 unspecified atom stereocenters. The number of nitrogens with one attached hydrogen (secondary N) is 1. The topological polar surface area (TPSA) is 50.9 Å². The second kappa shape index (κ2) is 6.12. The first-order valence-electron chi connectivity index (χ1n) is 6.68. The van der Waals surface area contributed by atoms with Gasteiger partial charge in [-0.2, -0.15) is 0 Å². The van der Waals surface area contributed by atoms with Crippen molar-refractivity contribution in [2.75, 3.05) is 6.54 Å². The van der Waals surface area contributed by atoms with Gasteiger partial charge in [0.2, 0.25) is 0 Å². The van der Waals surface area contributed by atoms with Crippen LogP contribution in [0.2, 0.25) is 0 Å². The summed E-state index contributed by atoms with van der Waals surface area (Å²) < 4.78 is 0. The quantitative estimate of drug-likeness (QED) is 0.838. The Hall–Kier alpha value is -0.930. The molecule has 0 saturated heterocycles. The maximum atomic E-state index is 5.85. The fraction of sp³-hybridized carbons (Fsp3) is 0.643. The summed E-state index contributed by atoms with van der Waals surface area (Å²) in [4.78, 5) is 4.40. The van der Waals surface area contributed by atoms with Crippen molar-refractivity contribution in [1.82, 2.24) is 10.3 Å². The second-order valence-corrected chi connectivity index (χ2v) is 5.03. The first-order valence-corrected chi connectivity index (χ1v) is 6.68. The maximum absolute atomic E-state index is 5.85. The van der Waals surface area contributed by atoms with Crippen LogP contribution in [0.5, 0.6) is 0 Å². The highest BCUT2D eigenvalue weighted by Crippen LogP contribution is 2.25. The van der Waals surface area contributed by atoms with E-state index in [2.05, 4.69) is 23.3 Å². The highest BCUT2D eigenvalue weighted by Gasteiger charge is 2.25. The van der Waals surface area contributed by atoms with E-state index >= 15 is 0 Å². The Morgan fingerprint density at radius 2 is 2.24 bits per heavy atom. The van der Waals surface area contributed by atoms with Crippen molar-refractivity contribution in [2.45, 2.75) is 44.7 Å². The van der Waals surface area contributed by atoms with Crippen LogP contribution >= 0.6 is 0 Å². The predicted molar refractivity (Wildman–Crippen MR) is 70.6 cm³/mol. The summed E-state index contributed by atoms with van der Waals surface area (Å²) in [5.74, 6) is 0.634. The van der Waals surface area contributed by atoms with E-state index in [0.29, 0.717) is 18.0 Å². The largest absolute Gasteiger partial charge is 0.330 e. The van der Waals surface area contributed by atoms with E-state index in [-0.39, 0.29) is 0 Å². The average Bonchev–Trinajstić information content (AvgIpc) is 2.40. The van der Waals surface area contributed by atoms with E-state index in [1.807, 2.05) is 18.3 Å². The second-order valence-electron chi connectivity index (χ2n) is 5.03. The minimum Gasteiger partial charge on any atom is -0.330 e. The lowest BCUT2D eigenvalue weighted by Crippen LogP contribution is -2.43. The molecule has 3 atom stereocenters. The fourth-order valence-corrected chi connectivity index (χ4v) is 2.75. The molecule has 0 spiro atoms. The molecule has 1 fully saturated rings. The van der Waals surface area contributed by atoms with Crippen LogP contribution in [0, 0.1) is 5.92 Å². The number of hydrogen-bond acceptors (Lipinski definition) is 3. The molecule has 0 bridgehead atoms. The minimum atomic E-state index is 0.313. The molecule has 1 heterocycles. The number of aromatic nitrogens is 1. The van der Waals surface area contributed by atoms with Crippen LogP contribution in [0.15, 0.2) is 24.4 Å². The van der Waals surface area contributed by atoms with Gasteiger partial charge in [0.25, 0.3) is 0 Å². The van der Waals surface area contributed by atoms with Gasteiger partial charge in [0.05, 0.1) is 5.69 Å². The Morgan fingerprint density at radius 1 is 1.41 bits per heavy atom. The van der Waals surface area contributed by atoms with Crippen molar-refractivity contribution in [3.63, 3.8) is 0 Å². The Kier molecular flexibility index (Phi) is 4.51. The Balaban J connectivity index is 1.95.